The van der Waals surface area contributed by atoms with Crippen molar-refractivity contribution in [3.8, 4) is 0 Å². The number of nitrogens with two attached hydrogens (primary N) is 1. The Morgan fingerprint density at radius 3 is 1.35 bits per heavy atom. The van der Waals surface area contributed by atoms with E-state index in [4.69, 9.17) is 24.3 Å². The Labute approximate surface area is 332 Å². The van der Waals surface area contributed by atoms with Crippen molar-refractivity contribution < 1.29 is 37.6 Å². The van der Waals surface area contributed by atoms with Crippen LogP contribution in [0.2, 0.25) is 0 Å². The van der Waals surface area contributed by atoms with Crippen LogP contribution in [0.15, 0.2) is 24.3 Å². The van der Waals surface area contributed by atoms with E-state index in [2.05, 4.69) is 38.2 Å². The lowest BCUT2D eigenvalue weighted by atomic mass is 10.1. The number of hydrogen-bond acceptors (Lipinski definition) is 8. The Morgan fingerprint density at radius 2 is 0.926 bits per heavy atom. The maximum absolute atomic E-state index is 12.6. The van der Waals surface area contributed by atoms with Gasteiger partial charge in [-0.1, -0.05) is 154 Å². The zero-order chi connectivity index (χ0) is 39.6. The standard InChI is InChI=1S/C44H84NO8P/c1-3-5-7-9-11-13-15-17-19-21-23-25-27-29-31-33-36-43(46)50-40-42(41-52-54(48,49)51-39-35-38-45)53-44(47)37-34-32-30-28-26-24-22-20-18-16-14-12-10-8-6-4-2/h17-20,42H,3-16,21-41,45H2,1-2H3,(H,48,49)/t42-/m1/s1. The summed E-state index contributed by atoms with van der Waals surface area (Å²) in [7, 11) is -4.36. The number of carbonyl (C=O) groups excluding carboxylic acids is 2. The maximum atomic E-state index is 12.6. The summed E-state index contributed by atoms with van der Waals surface area (Å²) in [6, 6.07) is 0. The lowest BCUT2D eigenvalue weighted by Gasteiger charge is -2.20. The van der Waals surface area contributed by atoms with Crippen LogP contribution in [0, 0.1) is 0 Å². The topological polar surface area (TPSA) is 134 Å². The lowest BCUT2D eigenvalue weighted by molar-refractivity contribution is -0.161. The second-order valence-electron chi connectivity index (χ2n) is 14.9. The first-order chi connectivity index (χ1) is 26.3. The quantitative estimate of drug-likeness (QED) is 0.0268. The second-order valence-corrected chi connectivity index (χ2v) is 16.4. The minimum absolute atomic E-state index is 0.0317. The molecule has 0 aliphatic heterocycles. The van der Waals surface area contributed by atoms with E-state index >= 15 is 0 Å². The summed E-state index contributed by atoms with van der Waals surface area (Å²) in [4.78, 5) is 35.0. The SMILES string of the molecule is CCCCCCCCC=CCCCCCCCCC(=O)OC[C@H](COP(=O)(O)OCCCN)OC(=O)CCCCCCCCC=CCCCCCCCC. The molecule has 0 aliphatic rings. The van der Waals surface area contributed by atoms with Gasteiger partial charge in [-0.05, 0) is 77.2 Å². The van der Waals surface area contributed by atoms with E-state index in [1.54, 1.807) is 0 Å². The molecular formula is C44H84NO8P. The average Bonchev–Trinajstić information content (AvgIpc) is 3.15. The maximum Gasteiger partial charge on any atom is 0.472 e. The Kier molecular flexibility index (Phi) is 40.0. The van der Waals surface area contributed by atoms with Crippen LogP contribution in [0.3, 0.4) is 0 Å². The first kappa shape index (κ1) is 52.5. The first-order valence-corrected chi connectivity index (χ1v) is 23.8. The third kappa shape index (κ3) is 40.2. The highest BCUT2D eigenvalue weighted by atomic mass is 31.2. The molecule has 0 aromatic carbocycles. The summed E-state index contributed by atoms with van der Waals surface area (Å²) >= 11 is 0. The van der Waals surface area contributed by atoms with Gasteiger partial charge in [0.1, 0.15) is 6.61 Å². The number of hydrogen-bond donors (Lipinski definition) is 2. The summed E-state index contributed by atoms with van der Waals surface area (Å²) in [5.74, 6) is -0.827. The molecular weight excluding hydrogens is 701 g/mol. The molecule has 0 bridgehead atoms. The second kappa shape index (κ2) is 41.1. The number of carbonyl (C=O) groups is 2. The van der Waals surface area contributed by atoms with Crippen LogP contribution < -0.4 is 5.73 Å². The third-order valence-corrected chi connectivity index (χ3v) is 10.5. The molecule has 0 spiro atoms. The van der Waals surface area contributed by atoms with Crippen molar-refractivity contribution in [1.29, 1.82) is 0 Å². The molecule has 0 fully saturated rings. The molecule has 0 radical (unpaired) electrons. The van der Waals surface area contributed by atoms with Gasteiger partial charge in [-0.3, -0.25) is 18.6 Å². The number of allylic oxidation sites excluding steroid dienone is 4. The molecule has 1 unspecified atom stereocenters. The molecule has 0 heterocycles. The van der Waals surface area contributed by atoms with Gasteiger partial charge < -0.3 is 20.1 Å². The number of phosphoric ester groups is 1. The molecule has 318 valence electrons. The fourth-order valence-electron chi connectivity index (χ4n) is 6.13. The number of phosphoric acid groups is 1. The van der Waals surface area contributed by atoms with Crippen LogP contribution in [0.1, 0.15) is 213 Å². The predicted octanol–water partition coefficient (Wildman–Crippen LogP) is 12.8. The van der Waals surface area contributed by atoms with Gasteiger partial charge in [-0.25, -0.2) is 4.57 Å². The van der Waals surface area contributed by atoms with Crippen LogP contribution in [-0.2, 0) is 32.7 Å². The summed E-state index contributed by atoms with van der Waals surface area (Å²) in [5.41, 5.74) is 5.42. The molecule has 3 N–H and O–H groups in total. The number of rotatable bonds is 42. The molecule has 54 heavy (non-hydrogen) atoms. The molecule has 0 saturated heterocycles. The smallest absolute Gasteiger partial charge is 0.462 e. The molecule has 0 amide bonds. The number of unbranched alkanes of at least 4 members (excludes halogenated alkanes) is 24. The predicted molar refractivity (Wildman–Crippen MR) is 224 cm³/mol. The van der Waals surface area contributed by atoms with Crippen LogP contribution in [0.5, 0.6) is 0 Å². The van der Waals surface area contributed by atoms with Crippen LogP contribution in [0.25, 0.3) is 0 Å². The largest absolute Gasteiger partial charge is 0.472 e. The summed E-state index contributed by atoms with van der Waals surface area (Å²) in [6.45, 7) is 4.12. The van der Waals surface area contributed by atoms with E-state index in [1.807, 2.05) is 0 Å². The minimum Gasteiger partial charge on any atom is -0.462 e. The average molecular weight is 786 g/mol. The van der Waals surface area contributed by atoms with E-state index in [0.29, 0.717) is 19.4 Å². The van der Waals surface area contributed by atoms with E-state index in [-0.39, 0.29) is 32.0 Å². The van der Waals surface area contributed by atoms with E-state index in [9.17, 15) is 19.0 Å². The van der Waals surface area contributed by atoms with Crippen molar-refractivity contribution in [3.63, 3.8) is 0 Å². The van der Waals surface area contributed by atoms with Crippen LogP contribution in [0.4, 0.5) is 0 Å². The summed E-state index contributed by atoms with van der Waals surface area (Å²) in [6.07, 6.45) is 42.4. The van der Waals surface area contributed by atoms with Gasteiger partial charge in [-0.15, -0.1) is 0 Å². The van der Waals surface area contributed by atoms with E-state index < -0.39 is 26.5 Å². The van der Waals surface area contributed by atoms with Crippen molar-refractivity contribution >= 4 is 19.8 Å². The van der Waals surface area contributed by atoms with Gasteiger partial charge >= 0.3 is 19.8 Å². The van der Waals surface area contributed by atoms with Gasteiger partial charge in [0.25, 0.3) is 0 Å². The Hall–Kier alpha value is -1.51. The molecule has 0 aliphatic carbocycles. The third-order valence-electron chi connectivity index (χ3n) is 9.54. The lowest BCUT2D eigenvalue weighted by Crippen LogP contribution is -2.29. The van der Waals surface area contributed by atoms with Gasteiger partial charge in [0.15, 0.2) is 6.10 Å². The fraction of sp³-hybridized carbons (Fsp3) is 0.864. The van der Waals surface area contributed by atoms with Crippen LogP contribution >= 0.6 is 7.82 Å². The zero-order valence-electron chi connectivity index (χ0n) is 35.0. The van der Waals surface area contributed by atoms with Gasteiger partial charge in [0.05, 0.1) is 13.2 Å². The van der Waals surface area contributed by atoms with Gasteiger partial charge in [-0.2, -0.15) is 0 Å². The monoisotopic (exact) mass is 786 g/mol. The summed E-state index contributed by atoms with van der Waals surface area (Å²) < 4.78 is 33.1. The highest BCUT2D eigenvalue weighted by Gasteiger charge is 2.26. The molecule has 9 nitrogen and oxygen atoms in total. The zero-order valence-corrected chi connectivity index (χ0v) is 35.9. The Bertz CT molecular complexity index is 944. The Balaban J connectivity index is 4.21. The highest BCUT2D eigenvalue weighted by molar-refractivity contribution is 7.47. The normalized spacial score (nSPS) is 13.5. The number of ether oxygens (including phenoxy) is 2. The first-order valence-electron chi connectivity index (χ1n) is 22.3. The molecule has 0 rings (SSSR count). The highest BCUT2D eigenvalue weighted by Crippen LogP contribution is 2.43. The molecule has 2 atom stereocenters. The summed E-state index contributed by atoms with van der Waals surface area (Å²) in [5, 5.41) is 0. The fourth-order valence-corrected chi connectivity index (χ4v) is 6.92. The minimum atomic E-state index is -4.36. The molecule has 0 aromatic rings. The number of esters is 2. The molecule has 0 aromatic heterocycles. The van der Waals surface area contributed by atoms with E-state index in [1.165, 1.54) is 116 Å². The van der Waals surface area contributed by atoms with Crippen LogP contribution in [-0.4, -0.2) is 49.3 Å². The van der Waals surface area contributed by atoms with Gasteiger partial charge in [0.2, 0.25) is 0 Å². The molecule has 10 heteroatoms. The van der Waals surface area contributed by atoms with Crippen molar-refractivity contribution in [1.82, 2.24) is 0 Å². The van der Waals surface area contributed by atoms with Crippen molar-refractivity contribution in [2.24, 2.45) is 5.73 Å². The van der Waals surface area contributed by atoms with Crippen molar-refractivity contribution in [2.75, 3.05) is 26.4 Å². The van der Waals surface area contributed by atoms with Crippen molar-refractivity contribution in [2.45, 2.75) is 219 Å². The van der Waals surface area contributed by atoms with Crippen molar-refractivity contribution in [3.05, 3.63) is 24.3 Å². The van der Waals surface area contributed by atoms with Gasteiger partial charge in [0, 0.05) is 12.8 Å². The van der Waals surface area contributed by atoms with E-state index in [0.717, 1.165) is 57.8 Å². The molecule has 0 saturated carbocycles. The Morgan fingerprint density at radius 1 is 0.537 bits per heavy atom.